The van der Waals surface area contributed by atoms with Crippen LogP contribution >= 0.6 is 0 Å². The average molecular weight is 224 g/mol. The summed E-state index contributed by atoms with van der Waals surface area (Å²) in [6.07, 6.45) is 1.53. The normalized spacial score (nSPS) is 10.2. The SMILES string of the molecule is CCNCCN(C)c1cc(OCC)ncn1. The van der Waals surface area contributed by atoms with Gasteiger partial charge in [-0.1, -0.05) is 6.92 Å². The van der Waals surface area contributed by atoms with Gasteiger partial charge in [-0.25, -0.2) is 9.97 Å². The van der Waals surface area contributed by atoms with Crippen molar-refractivity contribution < 1.29 is 4.74 Å². The van der Waals surface area contributed by atoms with E-state index in [0.29, 0.717) is 12.5 Å². The molecule has 1 rings (SSSR count). The summed E-state index contributed by atoms with van der Waals surface area (Å²) in [7, 11) is 2.01. The molecule has 0 aromatic carbocycles. The minimum absolute atomic E-state index is 0.623. The van der Waals surface area contributed by atoms with E-state index in [0.717, 1.165) is 25.5 Å². The zero-order valence-electron chi connectivity index (χ0n) is 10.2. The molecule has 1 aromatic rings. The quantitative estimate of drug-likeness (QED) is 0.698. The van der Waals surface area contributed by atoms with E-state index in [1.807, 2.05) is 20.0 Å². The first kappa shape index (κ1) is 12.7. The van der Waals surface area contributed by atoms with Gasteiger partial charge in [0.1, 0.15) is 12.1 Å². The molecule has 1 aromatic heterocycles. The van der Waals surface area contributed by atoms with Gasteiger partial charge in [0, 0.05) is 26.2 Å². The van der Waals surface area contributed by atoms with Crippen molar-refractivity contribution in [3.8, 4) is 5.88 Å². The van der Waals surface area contributed by atoms with E-state index < -0.39 is 0 Å². The minimum Gasteiger partial charge on any atom is -0.478 e. The maximum Gasteiger partial charge on any atom is 0.218 e. The smallest absolute Gasteiger partial charge is 0.218 e. The van der Waals surface area contributed by atoms with Crippen molar-refractivity contribution in [2.24, 2.45) is 0 Å². The third-order valence-electron chi connectivity index (χ3n) is 2.18. The summed E-state index contributed by atoms with van der Waals surface area (Å²) in [4.78, 5) is 10.3. The Morgan fingerprint density at radius 1 is 1.38 bits per heavy atom. The first-order valence-electron chi connectivity index (χ1n) is 5.64. The van der Waals surface area contributed by atoms with E-state index >= 15 is 0 Å². The third kappa shape index (κ3) is 4.02. The van der Waals surface area contributed by atoms with Crippen LogP contribution in [0, 0.1) is 0 Å². The van der Waals surface area contributed by atoms with Gasteiger partial charge in [-0.3, -0.25) is 0 Å². The molecular formula is C11H20N4O. The number of hydrogen-bond acceptors (Lipinski definition) is 5. The fourth-order valence-corrected chi connectivity index (χ4v) is 1.30. The third-order valence-corrected chi connectivity index (χ3v) is 2.18. The molecule has 0 bridgehead atoms. The molecule has 0 fully saturated rings. The van der Waals surface area contributed by atoms with Gasteiger partial charge in [0.25, 0.3) is 0 Å². The van der Waals surface area contributed by atoms with Crippen LogP contribution in [0.1, 0.15) is 13.8 Å². The molecule has 0 saturated heterocycles. The van der Waals surface area contributed by atoms with Crippen molar-refractivity contribution in [1.82, 2.24) is 15.3 Å². The van der Waals surface area contributed by atoms with Gasteiger partial charge in [-0.05, 0) is 13.5 Å². The van der Waals surface area contributed by atoms with E-state index in [4.69, 9.17) is 4.74 Å². The molecule has 1 N–H and O–H groups in total. The predicted molar refractivity (Wildman–Crippen MR) is 65.0 cm³/mol. The van der Waals surface area contributed by atoms with Crippen molar-refractivity contribution in [3.63, 3.8) is 0 Å². The molecule has 0 saturated carbocycles. The fraction of sp³-hybridized carbons (Fsp3) is 0.636. The molecule has 0 aliphatic rings. The summed E-state index contributed by atoms with van der Waals surface area (Å²) in [6.45, 7) is 7.51. The van der Waals surface area contributed by atoms with E-state index in [1.54, 1.807) is 0 Å². The highest BCUT2D eigenvalue weighted by molar-refractivity contribution is 5.39. The van der Waals surface area contributed by atoms with Crippen LogP contribution in [0.25, 0.3) is 0 Å². The van der Waals surface area contributed by atoms with Gasteiger partial charge in [-0.2, -0.15) is 0 Å². The number of aromatic nitrogens is 2. The van der Waals surface area contributed by atoms with Crippen LogP contribution in [-0.2, 0) is 0 Å². The molecule has 90 valence electrons. The van der Waals surface area contributed by atoms with Crippen LogP contribution in [0.4, 0.5) is 5.82 Å². The van der Waals surface area contributed by atoms with Gasteiger partial charge in [0.15, 0.2) is 0 Å². The molecule has 0 unspecified atom stereocenters. The summed E-state index contributed by atoms with van der Waals surface area (Å²) in [5.41, 5.74) is 0. The van der Waals surface area contributed by atoms with Crippen LogP contribution in [0.2, 0.25) is 0 Å². The van der Waals surface area contributed by atoms with Crippen molar-refractivity contribution in [1.29, 1.82) is 0 Å². The van der Waals surface area contributed by atoms with Crippen LogP contribution in [0.5, 0.6) is 5.88 Å². The predicted octanol–water partition coefficient (Wildman–Crippen LogP) is 0.921. The molecule has 5 nitrogen and oxygen atoms in total. The highest BCUT2D eigenvalue weighted by Gasteiger charge is 2.04. The molecule has 5 heteroatoms. The van der Waals surface area contributed by atoms with Gasteiger partial charge < -0.3 is 15.0 Å². The Bertz CT molecular complexity index is 306. The zero-order valence-corrected chi connectivity index (χ0v) is 10.2. The summed E-state index contributed by atoms with van der Waals surface area (Å²) < 4.78 is 5.33. The number of likely N-dealkylation sites (N-methyl/N-ethyl adjacent to an activating group) is 2. The number of nitrogens with zero attached hydrogens (tertiary/aromatic N) is 3. The monoisotopic (exact) mass is 224 g/mol. The highest BCUT2D eigenvalue weighted by Crippen LogP contribution is 2.13. The lowest BCUT2D eigenvalue weighted by molar-refractivity contribution is 0.326. The molecule has 1 heterocycles. The molecule has 16 heavy (non-hydrogen) atoms. The van der Waals surface area contributed by atoms with Crippen molar-refractivity contribution >= 4 is 5.82 Å². The van der Waals surface area contributed by atoms with Gasteiger partial charge >= 0.3 is 0 Å². The molecule has 0 aliphatic heterocycles. The van der Waals surface area contributed by atoms with Crippen LogP contribution in [0.3, 0.4) is 0 Å². The zero-order chi connectivity index (χ0) is 11.8. The standard InChI is InChI=1S/C11H20N4O/c1-4-12-6-7-15(3)10-8-11(16-5-2)14-9-13-10/h8-9,12H,4-7H2,1-3H3. The topological polar surface area (TPSA) is 50.3 Å². The lowest BCUT2D eigenvalue weighted by atomic mass is 10.4. The Morgan fingerprint density at radius 2 is 2.19 bits per heavy atom. The summed E-state index contributed by atoms with van der Waals surface area (Å²) >= 11 is 0. The van der Waals surface area contributed by atoms with Crippen LogP contribution in [-0.4, -0.2) is 43.3 Å². The Morgan fingerprint density at radius 3 is 2.88 bits per heavy atom. The average Bonchev–Trinajstić information content (AvgIpc) is 2.30. The van der Waals surface area contributed by atoms with E-state index in [2.05, 4.69) is 27.1 Å². The second kappa shape index (κ2) is 7.00. The number of ether oxygens (including phenoxy) is 1. The number of anilines is 1. The molecule has 0 amide bonds. The van der Waals surface area contributed by atoms with E-state index in [1.165, 1.54) is 6.33 Å². The first-order chi connectivity index (χ1) is 7.77. The van der Waals surface area contributed by atoms with Gasteiger partial charge in [0.2, 0.25) is 5.88 Å². The summed E-state index contributed by atoms with van der Waals surface area (Å²) in [5.74, 6) is 1.51. The Kier molecular flexibility index (Phi) is 5.56. The largest absolute Gasteiger partial charge is 0.478 e. The van der Waals surface area contributed by atoms with Crippen molar-refractivity contribution in [2.75, 3.05) is 38.2 Å². The number of nitrogens with one attached hydrogen (secondary N) is 1. The maximum atomic E-state index is 5.33. The first-order valence-corrected chi connectivity index (χ1v) is 5.64. The van der Waals surface area contributed by atoms with Crippen LogP contribution in [0.15, 0.2) is 12.4 Å². The fourth-order valence-electron chi connectivity index (χ4n) is 1.30. The van der Waals surface area contributed by atoms with Crippen LogP contribution < -0.4 is 15.0 Å². The van der Waals surface area contributed by atoms with Crippen molar-refractivity contribution in [2.45, 2.75) is 13.8 Å². The maximum absolute atomic E-state index is 5.33. The Labute approximate surface area is 96.8 Å². The van der Waals surface area contributed by atoms with E-state index in [9.17, 15) is 0 Å². The lowest BCUT2D eigenvalue weighted by Crippen LogP contribution is -2.29. The molecule has 0 aliphatic carbocycles. The number of rotatable bonds is 7. The molecular weight excluding hydrogens is 204 g/mol. The number of hydrogen-bond donors (Lipinski definition) is 1. The van der Waals surface area contributed by atoms with Gasteiger partial charge in [-0.15, -0.1) is 0 Å². The van der Waals surface area contributed by atoms with E-state index in [-0.39, 0.29) is 0 Å². The Hall–Kier alpha value is -1.36. The molecule has 0 radical (unpaired) electrons. The second-order valence-electron chi connectivity index (χ2n) is 3.42. The summed E-state index contributed by atoms with van der Waals surface area (Å²) in [6, 6.07) is 1.86. The van der Waals surface area contributed by atoms with Crippen molar-refractivity contribution in [3.05, 3.63) is 12.4 Å². The highest BCUT2D eigenvalue weighted by atomic mass is 16.5. The van der Waals surface area contributed by atoms with Gasteiger partial charge in [0.05, 0.1) is 6.61 Å². The minimum atomic E-state index is 0.623. The molecule has 0 spiro atoms. The lowest BCUT2D eigenvalue weighted by Gasteiger charge is -2.18. The summed E-state index contributed by atoms with van der Waals surface area (Å²) in [5, 5.41) is 3.27. The molecule has 0 atom stereocenters. The Balaban J connectivity index is 2.53. The second-order valence-corrected chi connectivity index (χ2v) is 3.42.